The van der Waals surface area contributed by atoms with E-state index in [-0.39, 0.29) is 0 Å². The van der Waals surface area contributed by atoms with E-state index in [1.165, 1.54) is 4.88 Å². The first-order valence-corrected chi connectivity index (χ1v) is 6.10. The van der Waals surface area contributed by atoms with Gasteiger partial charge in [0.15, 0.2) is 0 Å². The van der Waals surface area contributed by atoms with Crippen LogP contribution in [-0.4, -0.2) is 23.8 Å². The fourth-order valence-electron chi connectivity index (χ4n) is 1.84. The lowest BCUT2D eigenvalue weighted by Crippen LogP contribution is -2.43. The Labute approximate surface area is 92.9 Å². The van der Waals surface area contributed by atoms with Crippen LogP contribution in [0.1, 0.15) is 17.7 Å². The van der Waals surface area contributed by atoms with E-state index in [2.05, 4.69) is 5.32 Å². The molecule has 2 N–H and O–H groups in total. The quantitative estimate of drug-likeness (QED) is 0.817. The molecule has 0 unspecified atom stereocenters. The van der Waals surface area contributed by atoms with Crippen LogP contribution in [0.25, 0.3) is 0 Å². The highest BCUT2D eigenvalue weighted by molar-refractivity contribution is 7.10. The summed E-state index contributed by atoms with van der Waals surface area (Å²) >= 11 is 7.47. The molecule has 2 heterocycles. The van der Waals surface area contributed by atoms with Crippen molar-refractivity contribution >= 4 is 22.9 Å². The molecule has 2 nitrogen and oxygen atoms in total. The lowest BCUT2D eigenvalue weighted by Gasteiger charge is -2.32. The Bertz CT molecular complexity index is 307. The van der Waals surface area contributed by atoms with Crippen LogP contribution in [0.15, 0.2) is 11.4 Å². The molecule has 0 bridgehead atoms. The molecule has 0 atom stereocenters. The highest BCUT2D eigenvalue weighted by atomic mass is 35.5. The standard InChI is InChI=1S/C10H14ClNOS/c11-8-5-9(14-7-8)6-10(13)1-3-12-4-2-10/h5,7,12-13H,1-4,6H2. The number of halogens is 1. The number of aliphatic hydroxyl groups is 1. The fraction of sp³-hybridized carbons (Fsp3) is 0.600. The van der Waals surface area contributed by atoms with E-state index < -0.39 is 5.60 Å². The van der Waals surface area contributed by atoms with E-state index in [0.29, 0.717) is 0 Å². The number of hydrogen-bond donors (Lipinski definition) is 2. The minimum atomic E-state index is -0.514. The molecule has 0 saturated carbocycles. The van der Waals surface area contributed by atoms with Gasteiger partial charge in [-0.3, -0.25) is 0 Å². The van der Waals surface area contributed by atoms with E-state index in [0.717, 1.165) is 37.4 Å². The second kappa shape index (κ2) is 4.19. The van der Waals surface area contributed by atoms with Gasteiger partial charge in [0.2, 0.25) is 0 Å². The molecule has 0 aromatic carbocycles. The molecule has 0 aliphatic carbocycles. The Morgan fingerprint density at radius 3 is 2.79 bits per heavy atom. The highest BCUT2D eigenvalue weighted by Crippen LogP contribution is 2.28. The summed E-state index contributed by atoms with van der Waals surface area (Å²) in [4.78, 5) is 1.18. The average Bonchev–Trinajstić information content (AvgIpc) is 2.51. The van der Waals surface area contributed by atoms with Gasteiger partial charge in [-0.2, -0.15) is 0 Å². The molecule has 1 aliphatic heterocycles. The summed E-state index contributed by atoms with van der Waals surface area (Å²) in [7, 11) is 0. The van der Waals surface area contributed by atoms with E-state index in [4.69, 9.17) is 11.6 Å². The third-order valence-corrected chi connectivity index (χ3v) is 3.94. The van der Waals surface area contributed by atoms with Crippen molar-refractivity contribution in [1.82, 2.24) is 5.32 Å². The van der Waals surface area contributed by atoms with Crippen LogP contribution in [0.2, 0.25) is 5.02 Å². The molecule has 1 saturated heterocycles. The third kappa shape index (κ3) is 2.48. The van der Waals surface area contributed by atoms with Gasteiger partial charge in [0.05, 0.1) is 10.6 Å². The summed E-state index contributed by atoms with van der Waals surface area (Å²) in [5.41, 5.74) is -0.514. The summed E-state index contributed by atoms with van der Waals surface area (Å²) in [5.74, 6) is 0. The zero-order valence-electron chi connectivity index (χ0n) is 7.92. The Morgan fingerprint density at radius 2 is 2.21 bits per heavy atom. The molecule has 14 heavy (non-hydrogen) atoms. The smallest absolute Gasteiger partial charge is 0.0720 e. The van der Waals surface area contributed by atoms with Gasteiger partial charge in [0, 0.05) is 16.7 Å². The molecule has 78 valence electrons. The van der Waals surface area contributed by atoms with Crippen LogP contribution >= 0.6 is 22.9 Å². The number of piperidine rings is 1. The van der Waals surface area contributed by atoms with Crippen molar-refractivity contribution in [3.63, 3.8) is 0 Å². The minimum absolute atomic E-state index is 0.514. The third-order valence-electron chi connectivity index (χ3n) is 2.66. The van der Waals surface area contributed by atoms with E-state index in [1.54, 1.807) is 11.3 Å². The number of hydrogen-bond acceptors (Lipinski definition) is 3. The summed E-state index contributed by atoms with van der Waals surface area (Å²) in [5, 5.41) is 16.2. The van der Waals surface area contributed by atoms with Crippen molar-refractivity contribution in [3.05, 3.63) is 21.3 Å². The summed E-state index contributed by atoms with van der Waals surface area (Å²) in [6, 6.07) is 1.95. The largest absolute Gasteiger partial charge is 0.389 e. The maximum Gasteiger partial charge on any atom is 0.0720 e. The van der Waals surface area contributed by atoms with Crippen LogP contribution in [-0.2, 0) is 6.42 Å². The second-order valence-corrected chi connectivity index (χ2v) is 5.31. The molecule has 1 aliphatic rings. The van der Waals surface area contributed by atoms with Crippen molar-refractivity contribution in [3.8, 4) is 0 Å². The first-order valence-electron chi connectivity index (χ1n) is 4.84. The predicted molar refractivity (Wildman–Crippen MR) is 60.1 cm³/mol. The van der Waals surface area contributed by atoms with E-state index >= 15 is 0 Å². The van der Waals surface area contributed by atoms with Crippen LogP contribution in [0, 0.1) is 0 Å². The topological polar surface area (TPSA) is 32.3 Å². The van der Waals surface area contributed by atoms with Crippen LogP contribution in [0.3, 0.4) is 0 Å². The van der Waals surface area contributed by atoms with E-state index in [1.807, 2.05) is 11.4 Å². The highest BCUT2D eigenvalue weighted by Gasteiger charge is 2.29. The Kier molecular flexibility index (Phi) is 3.12. The van der Waals surface area contributed by atoms with Crippen molar-refractivity contribution in [2.75, 3.05) is 13.1 Å². The minimum Gasteiger partial charge on any atom is -0.389 e. The normalized spacial score (nSPS) is 21.0. The lowest BCUT2D eigenvalue weighted by molar-refractivity contribution is 0.0116. The number of rotatable bonds is 2. The molecule has 4 heteroatoms. The van der Waals surface area contributed by atoms with Gasteiger partial charge < -0.3 is 10.4 Å². The van der Waals surface area contributed by atoms with Crippen molar-refractivity contribution < 1.29 is 5.11 Å². The summed E-state index contributed by atoms with van der Waals surface area (Å²) in [6.45, 7) is 1.82. The molecular weight excluding hydrogens is 218 g/mol. The van der Waals surface area contributed by atoms with Crippen LogP contribution in [0.5, 0.6) is 0 Å². The Morgan fingerprint density at radius 1 is 1.50 bits per heavy atom. The lowest BCUT2D eigenvalue weighted by atomic mass is 9.88. The molecule has 1 aromatic rings. The van der Waals surface area contributed by atoms with E-state index in [9.17, 15) is 5.11 Å². The van der Waals surface area contributed by atoms with Gasteiger partial charge in [-0.25, -0.2) is 0 Å². The molecule has 2 rings (SSSR count). The van der Waals surface area contributed by atoms with Crippen molar-refractivity contribution in [2.24, 2.45) is 0 Å². The Balaban J connectivity index is 2.01. The molecule has 1 fully saturated rings. The molecule has 0 amide bonds. The van der Waals surface area contributed by atoms with Gasteiger partial charge in [-0.15, -0.1) is 11.3 Å². The second-order valence-electron chi connectivity index (χ2n) is 3.88. The molecule has 0 spiro atoms. The zero-order chi connectivity index (χ0) is 10.0. The van der Waals surface area contributed by atoms with Crippen LogP contribution < -0.4 is 5.32 Å². The summed E-state index contributed by atoms with van der Waals surface area (Å²) in [6.07, 6.45) is 2.41. The van der Waals surface area contributed by atoms with Gasteiger partial charge in [0.1, 0.15) is 0 Å². The van der Waals surface area contributed by atoms with Gasteiger partial charge in [-0.05, 0) is 32.0 Å². The molecule has 0 radical (unpaired) electrons. The zero-order valence-corrected chi connectivity index (χ0v) is 9.50. The average molecular weight is 232 g/mol. The first kappa shape index (κ1) is 10.4. The first-order chi connectivity index (χ1) is 6.68. The number of nitrogens with one attached hydrogen (secondary N) is 1. The number of thiophene rings is 1. The van der Waals surface area contributed by atoms with Gasteiger partial charge >= 0.3 is 0 Å². The van der Waals surface area contributed by atoms with Crippen LogP contribution in [0.4, 0.5) is 0 Å². The van der Waals surface area contributed by atoms with Gasteiger partial charge in [-0.1, -0.05) is 11.6 Å². The predicted octanol–water partition coefficient (Wildman–Crippen LogP) is 2.06. The molecule has 1 aromatic heterocycles. The SMILES string of the molecule is OC1(Cc2cc(Cl)cs2)CCNCC1. The molecular formula is C10H14ClNOS. The van der Waals surface area contributed by atoms with Crippen molar-refractivity contribution in [1.29, 1.82) is 0 Å². The maximum absolute atomic E-state index is 10.3. The van der Waals surface area contributed by atoms with Gasteiger partial charge in [0.25, 0.3) is 0 Å². The maximum atomic E-state index is 10.3. The summed E-state index contributed by atoms with van der Waals surface area (Å²) < 4.78 is 0. The Hall–Kier alpha value is -0.0900. The monoisotopic (exact) mass is 231 g/mol. The van der Waals surface area contributed by atoms with Crippen molar-refractivity contribution in [2.45, 2.75) is 24.9 Å². The fourth-order valence-corrected chi connectivity index (χ4v) is 3.05.